The van der Waals surface area contributed by atoms with Crippen LogP contribution in [0, 0.1) is 0 Å². The van der Waals surface area contributed by atoms with E-state index < -0.39 is 86.8 Å². The smallest absolute Gasteiger partial charge is 0.220 e. The first kappa shape index (κ1) is 77.1. The van der Waals surface area contributed by atoms with Crippen LogP contribution in [-0.4, -0.2) is 140 Å². The first-order chi connectivity index (χ1) is 40.1. The normalized spacial score (nSPS) is 23.8. The van der Waals surface area contributed by atoms with Gasteiger partial charge in [-0.1, -0.05) is 316 Å². The number of amides is 1. The van der Waals surface area contributed by atoms with Gasteiger partial charge in [-0.2, -0.15) is 0 Å². The van der Waals surface area contributed by atoms with Crippen LogP contribution >= 0.6 is 0 Å². The minimum absolute atomic E-state index is 0.197. The third kappa shape index (κ3) is 38.3. The van der Waals surface area contributed by atoms with Crippen molar-refractivity contribution in [2.45, 2.75) is 408 Å². The number of rotatable bonds is 59. The van der Waals surface area contributed by atoms with E-state index in [2.05, 4.69) is 19.2 Å². The molecule has 0 bridgehead atoms. The monoisotopic (exact) mass is 1170 g/mol. The number of ether oxygens (including phenoxy) is 4. The molecule has 0 aromatic heterocycles. The molecule has 2 aliphatic rings. The quantitative estimate of drug-likeness (QED) is 0.0259. The van der Waals surface area contributed by atoms with Crippen LogP contribution in [0.5, 0.6) is 0 Å². The zero-order chi connectivity index (χ0) is 59.5. The SMILES string of the molecule is CCCCCCCCCCCCCCCCCCCCCCCCCCCCCCC(O)C(COC1OC(CO)C(OC2OC(CO)C(O)C(O)C2O)C(O)C1O)NC(=O)CCCCCCCCCCCCCCCCCCCCCC. The highest BCUT2D eigenvalue weighted by molar-refractivity contribution is 5.76. The summed E-state index contributed by atoms with van der Waals surface area (Å²) in [5.74, 6) is -0.197. The second-order valence-corrected chi connectivity index (χ2v) is 25.4. The van der Waals surface area contributed by atoms with E-state index in [4.69, 9.17) is 18.9 Å². The summed E-state index contributed by atoms with van der Waals surface area (Å²) in [6.07, 6.45) is 46.9. The number of carbonyl (C=O) groups is 1. The summed E-state index contributed by atoms with van der Waals surface area (Å²) in [5, 5.41) is 87.6. The summed E-state index contributed by atoms with van der Waals surface area (Å²) < 4.78 is 22.9. The summed E-state index contributed by atoms with van der Waals surface area (Å²) in [4.78, 5) is 13.3. The molecule has 2 saturated heterocycles. The molecule has 1 amide bonds. The first-order valence-corrected chi connectivity index (χ1v) is 35.3. The maximum Gasteiger partial charge on any atom is 0.220 e. The third-order valence-corrected chi connectivity index (χ3v) is 17.8. The van der Waals surface area contributed by atoms with Crippen molar-refractivity contribution in [2.75, 3.05) is 19.8 Å². The van der Waals surface area contributed by atoms with Crippen LogP contribution in [0.15, 0.2) is 0 Å². The fraction of sp³-hybridized carbons (Fsp3) is 0.985. The van der Waals surface area contributed by atoms with Gasteiger partial charge in [0.05, 0.1) is 32.0 Å². The Labute approximate surface area is 502 Å². The summed E-state index contributed by atoms with van der Waals surface area (Å²) >= 11 is 0. The van der Waals surface area contributed by atoms with E-state index >= 15 is 0 Å². The van der Waals surface area contributed by atoms with Crippen molar-refractivity contribution in [3.63, 3.8) is 0 Å². The molecule has 0 aliphatic carbocycles. The van der Waals surface area contributed by atoms with Gasteiger partial charge >= 0.3 is 0 Å². The Hall–Kier alpha value is -1.01. The highest BCUT2D eigenvalue weighted by Gasteiger charge is 2.51. The lowest BCUT2D eigenvalue weighted by Gasteiger charge is -2.46. The van der Waals surface area contributed by atoms with Gasteiger partial charge in [-0.3, -0.25) is 4.79 Å². The summed E-state index contributed by atoms with van der Waals surface area (Å²) in [5.41, 5.74) is 0. The molecule has 2 heterocycles. The van der Waals surface area contributed by atoms with Crippen molar-refractivity contribution in [3.05, 3.63) is 0 Å². The number of aliphatic hydroxyl groups excluding tert-OH is 8. The fourth-order valence-electron chi connectivity index (χ4n) is 12.2. The zero-order valence-electron chi connectivity index (χ0n) is 53.0. The highest BCUT2D eigenvalue weighted by Crippen LogP contribution is 2.30. The third-order valence-electron chi connectivity index (χ3n) is 17.8. The number of aliphatic hydroxyl groups is 8. The highest BCUT2D eigenvalue weighted by atomic mass is 16.7. The van der Waals surface area contributed by atoms with E-state index in [0.29, 0.717) is 12.8 Å². The van der Waals surface area contributed by atoms with Crippen molar-refractivity contribution in [1.29, 1.82) is 0 Å². The molecule has 14 heteroatoms. The molecule has 0 saturated carbocycles. The van der Waals surface area contributed by atoms with Gasteiger partial charge in [0.25, 0.3) is 0 Å². The van der Waals surface area contributed by atoms with Gasteiger partial charge in [-0.25, -0.2) is 0 Å². The number of nitrogens with one attached hydrogen (secondary N) is 1. The molecule has 12 atom stereocenters. The van der Waals surface area contributed by atoms with E-state index in [0.717, 1.165) is 51.4 Å². The molecule has 9 N–H and O–H groups in total. The second kappa shape index (κ2) is 54.2. The fourth-order valence-corrected chi connectivity index (χ4v) is 12.2. The Balaban J connectivity index is 1.66. The van der Waals surface area contributed by atoms with Crippen LogP contribution in [0.3, 0.4) is 0 Å². The van der Waals surface area contributed by atoms with E-state index in [-0.39, 0.29) is 12.5 Å². The van der Waals surface area contributed by atoms with Crippen LogP contribution in [0.2, 0.25) is 0 Å². The van der Waals surface area contributed by atoms with Crippen molar-refractivity contribution >= 4 is 5.91 Å². The summed E-state index contributed by atoms with van der Waals surface area (Å²) in [6, 6.07) is -0.824. The van der Waals surface area contributed by atoms with Gasteiger partial charge in [0.1, 0.15) is 48.8 Å². The Morgan fingerprint density at radius 1 is 0.390 bits per heavy atom. The molecule has 488 valence electrons. The number of carbonyl (C=O) groups excluding carboxylic acids is 1. The Bertz CT molecular complexity index is 1380. The molecule has 2 rings (SSSR count). The molecule has 0 spiro atoms. The molecule has 2 aliphatic heterocycles. The molecule has 14 nitrogen and oxygen atoms in total. The van der Waals surface area contributed by atoms with Crippen molar-refractivity contribution in [1.82, 2.24) is 5.32 Å². The lowest BCUT2D eigenvalue weighted by Crippen LogP contribution is -2.65. The van der Waals surface area contributed by atoms with Crippen LogP contribution in [0.25, 0.3) is 0 Å². The Morgan fingerprint density at radius 3 is 1.04 bits per heavy atom. The number of hydrogen-bond acceptors (Lipinski definition) is 13. The van der Waals surface area contributed by atoms with Gasteiger partial charge in [-0.05, 0) is 12.8 Å². The van der Waals surface area contributed by atoms with Gasteiger partial charge in [0.15, 0.2) is 12.6 Å². The standard InChI is InChI=1S/C68H133NO13/c1-3-5-7-9-11-13-15-17-19-21-23-25-26-27-28-29-30-31-32-33-35-37-39-41-43-45-47-49-51-57(72)56(69-60(73)52-50-48-46-44-42-40-38-36-34-24-22-20-18-16-14-12-10-8-6-4-2)55-79-67-65(78)63(76)66(59(54-71)81-67)82-68-64(77)62(75)61(74)58(53-70)80-68/h56-59,61-68,70-72,74-78H,3-55H2,1-2H3,(H,69,73). The Morgan fingerprint density at radius 2 is 0.695 bits per heavy atom. The molecule has 2 fully saturated rings. The minimum atomic E-state index is -1.78. The van der Waals surface area contributed by atoms with E-state index in [1.165, 1.54) is 257 Å². The van der Waals surface area contributed by atoms with Gasteiger partial charge in [-0.15, -0.1) is 0 Å². The topological polar surface area (TPSA) is 228 Å². The zero-order valence-corrected chi connectivity index (χ0v) is 53.0. The summed E-state index contributed by atoms with van der Waals surface area (Å²) in [7, 11) is 0. The first-order valence-electron chi connectivity index (χ1n) is 35.3. The average molecular weight is 1170 g/mol. The maximum atomic E-state index is 13.3. The Kier molecular flexibility index (Phi) is 50.9. The molecule has 0 aromatic rings. The number of unbranched alkanes of at least 4 members (excludes halogenated alkanes) is 46. The minimum Gasteiger partial charge on any atom is -0.394 e. The van der Waals surface area contributed by atoms with E-state index in [1.807, 2.05) is 0 Å². The van der Waals surface area contributed by atoms with Crippen molar-refractivity contribution in [3.8, 4) is 0 Å². The predicted molar refractivity (Wildman–Crippen MR) is 332 cm³/mol. The van der Waals surface area contributed by atoms with Crippen molar-refractivity contribution < 1.29 is 64.6 Å². The molecule has 0 aromatic carbocycles. The molecule has 82 heavy (non-hydrogen) atoms. The van der Waals surface area contributed by atoms with E-state index in [9.17, 15) is 45.6 Å². The van der Waals surface area contributed by atoms with Gasteiger partial charge < -0.3 is 65.1 Å². The average Bonchev–Trinajstić information content (AvgIpc) is 3.52. The van der Waals surface area contributed by atoms with Crippen LogP contribution in [-0.2, 0) is 23.7 Å². The second-order valence-electron chi connectivity index (χ2n) is 25.4. The molecule has 12 unspecified atom stereocenters. The van der Waals surface area contributed by atoms with Gasteiger partial charge in [0, 0.05) is 6.42 Å². The lowest BCUT2D eigenvalue weighted by molar-refractivity contribution is -0.359. The predicted octanol–water partition coefficient (Wildman–Crippen LogP) is 14.0. The maximum absolute atomic E-state index is 13.3. The van der Waals surface area contributed by atoms with Crippen molar-refractivity contribution in [2.24, 2.45) is 0 Å². The van der Waals surface area contributed by atoms with Crippen LogP contribution in [0.4, 0.5) is 0 Å². The largest absolute Gasteiger partial charge is 0.394 e. The van der Waals surface area contributed by atoms with Gasteiger partial charge in [0.2, 0.25) is 5.91 Å². The van der Waals surface area contributed by atoms with Crippen LogP contribution < -0.4 is 5.32 Å². The molecule has 0 radical (unpaired) electrons. The van der Waals surface area contributed by atoms with Crippen LogP contribution in [0.1, 0.15) is 335 Å². The molecular formula is C68H133NO13. The number of hydrogen-bond donors (Lipinski definition) is 9. The van der Waals surface area contributed by atoms with E-state index in [1.54, 1.807) is 0 Å². The lowest BCUT2D eigenvalue weighted by atomic mass is 9.97. The molecular weight excluding hydrogens is 1040 g/mol. The summed E-state index contributed by atoms with van der Waals surface area (Å²) in [6.45, 7) is 2.93.